The van der Waals surface area contributed by atoms with E-state index in [1.807, 2.05) is 36.9 Å². The number of amides is 1. The zero-order valence-electron chi connectivity index (χ0n) is 18.3. The molecule has 0 spiro atoms. The first kappa shape index (κ1) is 21.4. The van der Waals surface area contributed by atoms with Gasteiger partial charge in [-0.2, -0.15) is 0 Å². The van der Waals surface area contributed by atoms with Crippen molar-refractivity contribution in [1.29, 1.82) is 0 Å². The molecule has 0 unspecified atom stereocenters. The molecule has 1 aliphatic rings. The molecule has 0 saturated carbocycles. The van der Waals surface area contributed by atoms with E-state index in [0.29, 0.717) is 11.4 Å². The maximum Gasteiger partial charge on any atom is 0.267 e. The Morgan fingerprint density at radius 1 is 1.29 bits per heavy atom. The van der Waals surface area contributed by atoms with Gasteiger partial charge in [-0.05, 0) is 67.0 Å². The van der Waals surface area contributed by atoms with Crippen molar-refractivity contribution >= 4 is 17.4 Å². The number of aromatic nitrogens is 3. The van der Waals surface area contributed by atoms with E-state index in [4.69, 9.17) is 9.72 Å². The minimum absolute atomic E-state index is 0.0541. The van der Waals surface area contributed by atoms with Gasteiger partial charge in [0.05, 0.1) is 12.8 Å². The lowest BCUT2D eigenvalue weighted by molar-refractivity contribution is 0.0709. The highest BCUT2D eigenvalue weighted by atomic mass is 32.1. The quantitative estimate of drug-likeness (QED) is 0.572. The molecule has 31 heavy (non-hydrogen) atoms. The van der Waals surface area contributed by atoms with E-state index < -0.39 is 0 Å². The molecular weight excluding hydrogens is 408 g/mol. The summed E-state index contributed by atoms with van der Waals surface area (Å²) in [6.45, 7) is 5.50. The molecular formula is C24H28N4O2S. The Bertz CT molecular complexity index is 1070. The Balaban J connectivity index is 1.54. The lowest BCUT2D eigenvalue weighted by Gasteiger charge is -2.32. The number of benzene rings is 1. The molecule has 0 aliphatic carbocycles. The number of hydrogen-bond donors (Lipinski definition) is 0. The normalized spacial score (nSPS) is 16.4. The van der Waals surface area contributed by atoms with E-state index in [0.717, 1.165) is 60.6 Å². The predicted octanol–water partition coefficient (Wildman–Crippen LogP) is 4.42. The third-order valence-corrected chi connectivity index (χ3v) is 6.59. The average Bonchev–Trinajstić information content (AvgIpc) is 3.27. The number of carbonyl (C=O) groups is 1. The second kappa shape index (κ2) is 9.56. The molecule has 4 rings (SSSR count). The van der Waals surface area contributed by atoms with Gasteiger partial charge < -0.3 is 9.64 Å². The van der Waals surface area contributed by atoms with Gasteiger partial charge in [0.15, 0.2) is 0 Å². The van der Waals surface area contributed by atoms with Gasteiger partial charge >= 0.3 is 0 Å². The number of likely N-dealkylation sites (tertiary alicyclic amines) is 1. The number of aryl methyl sites for hydroxylation is 2. The number of rotatable bonds is 6. The summed E-state index contributed by atoms with van der Waals surface area (Å²) in [4.78, 5) is 20.6. The molecule has 6 nitrogen and oxygen atoms in total. The van der Waals surface area contributed by atoms with Gasteiger partial charge in [-0.1, -0.05) is 29.6 Å². The second-order valence-electron chi connectivity index (χ2n) is 8.02. The van der Waals surface area contributed by atoms with E-state index in [-0.39, 0.29) is 11.8 Å². The molecule has 2 aromatic heterocycles. The number of ether oxygens (including phenoxy) is 1. The Labute approximate surface area is 187 Å². The molecule has 0 bridgehead atoms. The van der Waals surface area contributed by atoms with Gasteiger partial charge in [-0.25, -0.2) is 0 Å². The van der Waals surface area contributed by atoms with Gasteiger partial charge in [0.25, 0.3) is 5.91 Å². The van der Waals surface area contributed by atoms with E-state index in [2.05, 4.69) is 27.8 Å². The lowest BCUT2D eigenvalue weighted by atomic mass is 9.92. The Kier molecular flexibility index (Phi) is 6.61. The van der Waals surface area contributed by atoms with Gasteiger partial charge in [-0.3, -0.25) is 9.78 Å². The number of piperidine rings is 1. The van der Waals surface area contributed by atoms with Crippen LogP contribution in [0.3, 0.4) is 0 Å². The number of hydrogen-bond acceptors (Lipinski definition) is 6. The molecule has 162 valence electrons. The maximum atomic E-state index is 13.1. The van der Waals surface area contributed by atoms with Crippen LogP contribution in [0.25, 0.3) is 0 Å². The summed E-state index contributed by atoms with van der Waals surface area (Å²) in [6, 6.07) is 12.5. The van der Waals surface area contributed by atoms with Crippen molar-refractivity contribution in [3.05, 3.63) is 69.5 Å². The van der Waals surface area contributed by atoms with Crippen LogP contribution in [0.2, 0.25) is 0 Å². The summed E-state index contributed by atoms with van der Waals surface area (Å²) >= 11 is 1.20. The van der Waals surface area contributed by atoms with Gasteiger partial charge in [0.2, 0.25) is 0 Å². The van der Waals surface area contributed by atoms with Crippen molar-refractivity contribution in [2.45, 2.75) is 45.4 Å². The molecule has 3 aromatic rings. The number of nitrogens with zero attached hydrogens (tertiary/aromatic N) is 4. The SMILES string of the molecule is CCc1nnsc1C(=O)N1CCC[C@@H](c2cc(Cc3ccccc3OC)cc(C)n2)C1. The molecule has 1 saturated heterocycles. The van der Waals surface area contributed by atoms with Crippen molar-refractivity contribution in [2.75, 3.05) is 20.2 Å². The summed E-state index contributed by atoms with van der Waals surface area (Å²) in [5.41, 5.74) is 5.25. The molecule has 3 heterocycles. The molecule has 1 fully saturated rings. The third kappa shape index (κ3) is 4.77. The van der Waals surface area contributed by atoms with Crippen LogP contribution in [0.1, 0.15) is 63.6 Å². The molecule has 0 radical (unpaired) electrons. The van der Waals surface area contributed by atoms with Crippen LogP contribution in [-0.4, -0.2) is 45.6 Å². The number of carbonyl (C=O) groups excluding carboxylic acids is 1. The Morgan fingerprint density at radius 3 is 2.94 bits per heavy atom. The van der Waals surface area contributed by atoms with Crippen LogP contribution in [-0.2, 0) is 12.8 Å². The summed E-state index contributed by atoms with van der Waals surface area (Å²) < 4.78 is 9.50. The molecule has 1 aliphatic heterocycles. The summed E-state index contributed by atoms with van der Waals surface area (Å²) in [7, 11) is 1.71. The number of pyridine rings is 1. The topological polar surface area (TPSA) is 68.2 Å². The van der Waals surface area contributed by atoms with Gasteiger partial charge in [0.1, 0.15) is 10.6 Å². The summed E-state index contributed by atoms with van der Waals surface area (Å²) in [6.07, 6.45) is 3.53. The van der Waals surface area contributed by atoms with Crippen molar-refractivity contribution in [3.63, 3.8) is 0 Å². The van der Waals surface area contributed by atoms with Crippen LogP contribution >= 0.6 is 11.5 Å². The van der Waals surface area contributed by atoms with Crippen LogP contribution < -0.4 is 4.74 Å². The zero-order valence-corrected chi connectivity index (χ0v) is 19.1. The first-order valence-corrected chi connectivity index (χ1v) is 11.6. The monoisotopic (exact) mass is 436 g/mol. The molecule has 0 N–H and O–H groups in total. The van der Waals surface area contributed by atoms with Crippen molar-refractivity contribution in [3.8, 4) is 5.75 Å². The number of para-hydroxylation sites is 1. The fourth-order valence-electron chi connectivity index (χ4n) is 4.30. The van der Waals surface area contributed by atoms with E-state index in [9.17, 15) is 4.79 Å². The highest BCUT2D eigenvalue weighted by Crippen LogP contribution is 2.29. The van der Waals surface area contributed by atoms with E-state index in [1.165, 1.54) is 17.1 Å². The summed E-state index contributed by atoms with van der Waals surface area (Å²) in [5.74, 6) is 1.19. The average molecular weight is 437 g/mol. The van der Waals surface area contributed by atoms with Crippen LogP contribution in [0, 0.1) is 6.92 Å². The molecule has 1 atom stereocenters. The fourth-order valence-corrected chi connectivity index (χ4v) is 5.02. The van der Waals surface area contributed by atoms with Crippen LogP contribution in [0.15, 0.2) is 36.4 Å². The van der Waals surface area contributed by atoms with Crippen LogP contribution in [0.5, 0.6) is 5.75 Å². The van der Waals surface area contributed by atoms with Crippen LogP contribution in [0.4, 0.5) is 0 Å². The Hall–Kier alpha value is -2.80. The van der Waals surface area contributed by atoms with Gasteiger partial charge in [-0.15, -0.1) is 5.10 Å². The highest BCUT2D eigenvalue weighted by molar-refractivity contribution is 7.08. The van der Waals surface area contributed by atoms with Crippen molar-refractivity contribution in [1.82, 2.24) is 19.5 Å². The van der Waals surface area contributed by atoms with Crippen molar-refractivity contribution in [2.24, 2.45) is 0 Å². The largest absolute Gasteiger partial charge is 0.496 e. The lowest BCUT2D eigenvalue weighted by Crippen LogP contribution is -2.39. The Morgan fingerprint density at radius 2 is 2.13 bits per heavy atom. The first-order chi connectivity index (χ1) is 15.1. The number of methoxy groups -OCH3 is 1. The first-order valence-electron chi connectivity index (χ1n) is 10.8. The van der Waals surface area contributed by atoms with Crippen molar-refractivity contribution < 1.29 is 9.53 Å². The fraction of sp³-hybridized carbons (Fsp3) is 0.417. The molecule has 7 heteroatoms. The van der Waals surface area contributed by atoms with E-state index in [1.54, 1.807) is 7.11 Å². The molecule has 1 aromatic carbocycles. The zero-order chi connectivity index (χ0) is 21.8. The van der Waals surface area contributed by atoms with Gasteiger partial charge in [0, 0.05) is 36.8 Å². The minimum Gasteiger partial charge on any atom is -0.496 e. The second-order valence-corrected chi connectivity index (χ2v) is 8.78. The highest BCUT2D eigenvalue weighted by Gasteiger charge is 2.29. The molecule has 1 amide bonds. The summed E-state index contributed by atoms with van der Waals surface area (Å²) in [5, 5.41) is 4.10. The minimum atomic E-state index is 0.0541. The predicted molar refractivity (Wildman–Crippen MR) is 122 cm³/mol. The smallest absolute Gasteiger partial charge is 0.267 e. The third-order valence-electron chi connectivity index (χ3n) is 5.83. The maximum absolute atomic E-state index is 13.1. The van der Waals surface area contributed by atoms with E-state index >= 15 is 0 Å². The standard InChI is InChI=1S/C24H28N4O2S/c1-4-20-23(31-27-26-20)24(29)28-11-7-9-19(15-28)21-14-17(12-16(2)25-21)13-18-8-5-6-10-22(18)30-3/h5-6,8,10,12,14,19H,4,7,9,11,13,15H2,1-3H3/t19-/m1/s1.